The number of fused-ring (bicyclic) bond motifs is 1. The number of carbonyl (C=O) groups excluding carboxylic acids is 1. The summed E-state index contributed by atoms with van der Waals surface area (Å²) >= 11 is 0. The van der Waals surface area contributed by atoms with Gasteiger partial charge in [0.1, 0.15) is 11.8 Å². The maximum absolute atomic E-state index is 11.7. The highest BCUT2D eigenvalue weighted by atomic mass is 16.1. The van der Waals surface area contributed by atoms with Gasteiger partial charge in [-0.25, -0.2) is 15.0 Å². The maximum atomic E-state index is 11.7. The summed E-state index contributed by atoms with van der Waals surface area (Å²) in [5.74, 6) is 0.823. The Hall–Kier alpha value is -1.98. The highest BCUT2D eigenvalue weighted by Crippen LogP contribution is 2.15. The number of imidazole rings is 1. The van der Waals surface area contributed by atoms with E-state index in [4.69, 9.17) is 0 Å². The van der Waals surface area contributed by atoms with Crippen molar-refractivity contribution in [1.82, 2.24) is 19.9 Å². The molecule has 0 saturated heterocycles. The minimum Gasteiger partial charge on any atom is -0.340 e. The first kappa shape index (κ1) is 11.5. The van der Waals surface area contributed by atoms with E-state index in [1.807, 2.05) is 6.92 Å². The molecule has 6 nitrogen and oxygen atoms in total. The summed E-state index contributed by atoms with van der Waals surface area (Å²) in [6.45, 7) is 4.11. The van der Waals surface area contributed by atoms with Gasteiger partial charge in [0.25, 0.3) is 0 Å². The fourth-order valence-corrected chi connectivity index (χ4v) is 1.50. The molecule has 0 aliphatic carbocycles. The molecule has 0 spiro atoms. The molecule has 17 heavy (non-hydrogen) atoms. The Morgan fingerprint density at radius 1 is 1.47 bits per heavy atom. The molecule has 2 N–H and O–H groups in total. The molecule has 0 aromatic carbocycles. The van der Waals surface area contributed by atoms with Crippen LogP contribution in [0.4, 0.5) is 5.82 Å². The molecule has 2 heterocycles. The Labute approximate surface area is 98.9 Å². The first-order valence-corrected chi connectivity index (χ1v) is 5.64. The molecule has 2 aromatic heterocycles. The van der Waals surface area contributed by atoms with Crippen molar-refractivity contribution in [1.29, 1.82) is 0 Å². The highest BCUT2D eigenvalue weighted by molar-refractivity contribution is 5.96. The van der Waals surface area contributed by atoms with Crippen LogP contribution in [0.25, 0.3) is 11.2 Å². The van der Waals surface area contributed by atoms with Crippen LogP contribution in [0.5, 0.6) is 0 Å². The number of carbonyl (C=O) groups is 1. The lowest BCUT2D eigenvalue weighted by Crippen LogP contribution is -2.16. The molecule has 0 aliphatic rings. The lowest BCUT2D eigenvalue weighted by Gasteiger charge is -2.08. The summed E-state index contributed by atoms with van der Waals surface area (Å²) in [5, 5.41) is 2.77. The van der Waals surface area contributed by atoms with Crippen LogP contribution in [0.15, 0.2) is 12.7 Å². The van der Waals surface area contributed by atoms with E-state index in [0.717, 1.165) is 6.42 Å². The van der Waals surface area contributed by atoms with Crippen LogP contribution in [-0.2, 0) is 4.79 Å². The second kappa shape index (κ2) is 4.90. The Kier molecular flexibility index (Phi) is 3.32. The van der Waals surface area contributed by atoms with Gasteiger partial charge < -0.3 is 10.3 Å². The van der Waals surface area contributed by atoms with Gasteiger partial charge in [-0.3, -0.25) is 4.79 Å². The van der Waals surface area contributed by atoms with E-state index in [1.165, 1.54) is 12.7 Å². The number of hydrogen-bond donors (Lipinski definition) is 2. The average Bonchev–Trinajstić information content (AvgIpc) is 2.78. The van der Waals surface area contributed by atoms with Crippen molar-refractivity contribution in [3.63, 3.8) is 0 Å². The normalized spacial score (nSPS) is 12.6. The van der Waals surface area contributed by atoms with Gasteiger partial charge in [-0.05, 0) is 5.92 Å². The standard InChI is InChI=1S/C11H15N5O/c1-3-7(2)4-8(17)16-11-9-10(13-5-12-9)14-6-15-11/h5-7H,3-4H2,1-2H3,(H2,12,13,14,15,16,17). The van der Waals surface area contributed by atoms with E-state index in [-0.39, 0.29) is 5.91 Å². The van der Waals surface area contributed by atoms with Crippen LogP contribution in [0.3, 0.4) is 0 Å². The van der Waals surface area contributed by atoms with Crippen molar-refractivity contribution in [3.05, 3.63) is 12.7 Å². The van der Waals surface area contributed by atoms with Crippen LogP contribution in [0.2, 0.25) is 0 Å². The fourth-order valence-electron chi connectivity index (χ4n) is 1.50. The van der Waals surface area contributed by atoms with Gasteiger partial charge >= 0.3 is 0 Å². The van der Waals surface area contributed by atoms with Crippen LogP contribution < -0.4 is 5.32 Å². The van der Waals surface area contributed by atoms with E-state index in [1.54, 1.807) is 0 Å². The Morgan fingerprint density at radius 3 is 3.06 bits per heavy atom. The summed E-state index contributed by atoms with van der Waals surface area (Å²) in [6, 6.07) is 0. The number of aromatic amines is 1. The zero-order valence-electron chi connectivity index (χ0n) is 9.90. The van der Waals surface area contributed by atoms with Crippen LogP contribution in [0.1, 0.15) is 26.7 Å². The zero-order chi connectivity index (χ0) is 12.3. The van der Waals surface area contributed by atoms with Crippen LogP contribution in [0, 0.1) is 5.92 Å². The van der Waals surface area contributed by atoms with Gasteiger partial charge in [0.05, 0.1) is 6.33 Å². The van der Waals surface area contributed by atoms with Crippen molar-refractivity contribution >= 4 is 22.9 Å². The lowest BCUT2D eigenvalue weighted by molar-refractivity contribution is -0.117. The molecule has 1 unspecified atom stereocenters. The topological polar surface area (TPSA) is 83.6 Å². The maximum Gasteiger partial charge on any atom is 0.225 e. The van der Waals surface area contributed by atoms with E-state index < -0.39 is 0 Å². The van der Waals surface area contributed by atoms with E-state index in [9.17, 15) is 4.79 Å². The third-order valence-corrected chi connectivity index (χ3v) is 2.71. The minimum absolute atomic E-state index is 0.0334. The monoisotopic (exact) mass is 233 g/mol. The number of nitrogens with zero attached hydrogens (tertiary/aromatic N) is 3. The van der Waals surface area contributed by atoms with Gasteiger partial charge in [0, 0.05) is 6.42 Å². The molecule has 6 heteroatoms. The molecule has 0 aliphatic heterocycles. The fraction of sp³-hybridized carbons (Fsp3) is 0.455. The SMILES string of the molecule is CCC(C)CC(=O)Nc1ncnc2nc[nH]c12. The van der Waals surface area contributed by atoms with E-state index >= 15 is 0 Å². The van der Waals surface area contributed by atoms with Gasteiger partial charge in [-0.1, -0.05) is 20.3 Å². The minimum atomic E-state index is -0.0334. The van der Waals surface area contributed by atoms with Crippen molar-refractivity contribution in [2.75, 3.05) is 5.32 Å². The highest BCUT2D eigenvalue weighted by Gasteiger charge is 2.11. The Bertz CT molecular complexity index is 521. The first-order valence-electron chi connectivity index (χ1n) is 5.64. The molecule has 0 fully saturated rings. The number of hydrogen-bond acceptors (Lipinski definition) is 4. The molecule has 0 bridgehead atoms. The summed E-state index contributed by atoms with van der Waals surface area (Å²) in [4.78, 5) is 26.7. The summed E-state index contributed by atoms with van der Waals surface area (Å²) < 4.78 is 0. The summed E-state index contributed by atoms with van der Waals surface area (Å²) in [5.41, 5.74) is 1.21. The van der Waals surface area contributed by atoms with Crippen molar-refractivity contribution in [2.45, 2.75) is 26.7 Å². The predicted molar refractivity (Wildman–Crippen MR) is 64.4 cm³/mol. The number of aromatic nitrogens is 4. The second-order valence-corrected chi connectivity index (χ2v) is 4.09. The van der Waals surface area contributed by atoms with Gasteiger partial charge in [-0.2, -0.15) is 0 Å². The van der Waals surface area contributed by atoms with Crippen LogP contribution in [-0.4, -0.2) is 25.8 Å². The Balaban J connectivity index is 2.13. The van der Waals surface area contributed by atoms with Gasteiger partial charge in [0.2, 0.25) is 5.91 Å². The third kappa shape index (κ3) is 2.58. The molecule has 0 saturated carbocycles. The molecule has 0 radical (unpaired) electrons. The summed E-state index contributed by atoms with van der Waals surface area (Å²) in [7, 11) is 0. The van der Waals surface area contributed by atoms with E-state index in [2.05, 4.69) is 32.2 Å². The smallest absolute Gasteiger partial charge is 0.225 e. The van der Waals surface area contributed by atoms with Crippen LogP contribution >= 0.6 is 0 Å². The first-order chi connectivity index (χ1) is 8.20. The van der Waals surface area contributed by atoms with Gasteiger partial charge in [-0.15, -0.1) is 0 Å². The quantitative estimate of drug-likeness (QED) is 0.842. The molecular weight excluding hydrogens is 218 g/mol. The molecule has 2 aromatic rings. The largest absolute Gasteiger partial charge is 0.340 e. The zero-order valence-corrected chi connectivity index (χ0v) is 9.90. The molecule has 1 amide bonds. The Morgan fingerprint density at radius 2 is 2.29 bits per heavy atom. The third-order valence-electron chi connectivity index (χ3n) is 2.71. The average molecular weight is 233 g/mol. The summed E-state index contributed by atoms with van der Waals surface area (Å²) in [6.07, 6.45) is 4.40. The van der Waals surface area contributed by atoms with Crippen molar-refractivity contribution in [3.8, 4) is 0 Å². The lowest BCUT2D eigenvalue weighted by atomic mass is 10.1. The molecule has 2 rings (SSSR count). The molecular formula is C11H15N5O. The van der Waals surface area contributed by atoms with Gasteiger partial charge in [0.15, 0.2) is 11.5 Å². The van der Waals surface area contributed by atoms with E-state index in [0.29, 0.717) is 29.3 Å². The number of anilines is 1. The number of H-pyrrole nitrogens is 1. The molecule has 90 valence electrons. The predicted octanol–water partition coefficient (Wildman–Crippen LogP) is 1.73. The second-order valence-electron chi connectivity index (χ2n) is 4.09. The number of nitrogens with one attached hydrogen (secondary N) is 2. The molecule has 1 atom stereocenters. The van der Waals surface area contributed by atoms with Crippen molar-refractivity contribution in [2.24, 2.45) is 5.92 Å². The number of rotatable bonds is 4. The number of amides is 1. The van der Waals surface area contributed by atoms with Crippen molar-refractivity contribution < 1.29 is 4.79 Å².